The van der Waals surface area contributed by atoms with E-state index in [2.05, 4.69) is 5.32 Å². The quantitative estimate of drug-likeness (QED) is 0.785. The Balaban J connectivity index is 2.86. The van der Waals surface area contributed by atoms with Crippen LogP contribution in [0.4, 0.5) is 5.69 Å². The van der Waals surface area contributed by atoms with Gasteiger partial charge in [-0.2, -0.15) is 0 Å². The molecule has 20 heavy (non-hydrogen) atoms. The minimum atomic E-state index is -2.98. The van der Waals surface area contributed by atoms with Gasteiger partial charge in [0.2, 0.25) is 5.75 Å². The molecule has 0 aromatic heterocycles. The lowest BCUT2D eigenvalue weighted by molar-refractivity contribution is 0.324. The number of nitrogens with one attached hydrogen (secondary N) is 1. The summed E-state index contributed by atoms with van der Waals surface area (Å²) in [6.07, 6.45) is 0. The fourth-order valence-electron chi connectivity index (χ4n) is 1.68. The molecule has 0 amide bonds. The summed E-state index contributed by atoms with van der Waals surface area (Å²) in [7, 11) is 1.61. The van der Waals surface area contributed by atoms with Gasteiger partial charge in [0.15, 0.2) is 21.3 Å². The predicted octanol–water partition coefficient (Wildman–Crippen LogP) is 1.56. The number of sulfone groups is 1. The fourth-order valence-corrected chi connectivity index (χ4v) is 2.38. The van der Waals surface area contributed by atoms with E-state index in [0.29, 0.717) is 29.5 Å². The maximum absolute atomic E-state index is 11.4. The van der Waals surface area contributed by atoms with Gasteiger partial charge in [0.05, 0.1) is 27.1 Å². The first-order valence-electron chi connectivity index (χ1n) is 6.21. The molecule has 0 radical (unpaired) electrons. The minimum absolute atomic E-state index is 0.0835. The van der Waals surface area contributed by atoms with E-state index in [9.17, 15) is 8.42 Å². The molecule has 1 rings (SSSR count). The van der Waals surface area contributed by atoms with E-state index < -0.39 is 9.84 Å². The second kappa shape index (κ2) is 7.23. The van der Waals surface area contributed by atoms with Crippen molar-refractivity contribution >= 4 is 15.5 Å². The normalized spacial score (nSPS) is 11.0. The number of ether oxygens (including phenoxy) is 3. The summed E-state index contributed by atoms with van der Waals surface area (Å²) in [5.41, 5.74) is 0.714. The summed E-state index contributed by atoms with van der Waals surface area (Å²) < 4.78 is 38.5. The highest BCUT2D eigenvalue weighted by Gasteiger charge is 2.13. The van der Waals surface area contributed by atoms with Crippen LogP contribution in [0.1, 0.15) is 6.92 Å². The Bertz CT molecular complexity index is 517. The predicted molar refractivity (Wildman–Crippen MR) is 78.9 cm³/mol. The molecule has 0 bridgehead atoms. The van der Waals surface area contributed by atoms with Gasteiger partial charge in [-0.25, -0.2) is 8.42 Å². The molecule has 0 aliphatic rings. The lowest BCUT2D eigenvalue weighted by Gasteiger charge is -2.15. The van der Waals surface area contributed by atoms with E-state index >= 15 is 0 Å². The summed E-state index contributed by atoms with van der Waals surface area (Å²) in [6, 6.07) is 3.47. The number of hydrogen-bond donors (Lipinski definition) is 1. The molecule has 1 aromatic carbocycles. The summed E-state index contributed by atoms with van der Waals surface area (Å²) in [6.45, 7) is 1.96. The Labute approximate surface area is 120 Å². The first-order valence-corrected chi connectivity index (χ1v) is 8.03. The molecule has 0 aliphatic carbocycles. The number of methoxy groups -OCH3 is 3. The summed E-state index contributed by atoms with van der Waals surface area (Å²) >= 11 is 0. The second-order valence-electron chi connectivity index (χ2n) is 4.08. The molecule has 0 fully saturated rings. The molecular formula is C13H21NO5S. The van der Waals surface area contributed by atoms with Crippen LogP contribution in [0.2, 0.25) is 0 Å². The van der Waals surface area contributed by atoms with Gasteiger partial charge in [0.25, 0.3) is 0 Å². The highest BCUT2D eigenvalue weighted by molar-refractivity contribution is 7.91. The van der Waals surface area contributed by atoms with Crippen molar-refractivity contribution in [2.45, 2.75) is 6.92 Å². The molecule has 0 atom stereocenters. The molecule has 6 nitrogen and oxygen atoms in total. The van der Waals surface area contributed by atoms with Gasteiger partial charge in [-0.05, 0) is 0 Å². The van der Waals surface area contributed by atoms with Gasteiger partial charge in [-0.1, -0.05) is 6.92 Å². The largest absolute Gasteiger partial charge is 0.493 e. The van der Waals surface area contributed by atoms with Crippen molar-refractivity contribution in [3.05, 3.63) is 12.1 Å². The topological polar surface area (TPSA) is 73.9 Å². The maximum atomic E-state index is 11.4. The lowest BCUT2D eigenvalue weighted by Crippen LogP contribution is -2.17. The van der Waals surface area contributed by atoms with Gasteiger partial charge in [-0.3, -0.25) is 0 Å². The van der Waals surface area contributed by atoms with Crippen LogP contribution in [0.3, 0.4) is 0 Å². The Morgan fingerprint density at radius 2 is 1.60 bits per heavy atom. The van der Waals surface area contributed by atoms with Gasteiger partial charge in [-0.15, -0.1) is 0 Å². The standard InChI is InChI=1S/C13H21NO5S/c1-5-20(15,16)7-6-14-10-8-11(17-2)13(19-4)12(9-10)18-3/h8-9,14H,5-7H2,1-4H3. The molecule has 1 aromatic rings. The van der Waals surface area contributed by atoms with Gasteiger partial charge < -0.3 is 19.5 Å². The molecular weight excluding hydrogens is 282 g/mol. The van der Waals surface area contributed by atoms with Gasteiger partial charge in [0, 0.05) is 30.1 Å². The van der Waals surface area contributed by atoms with Crippen LogP contribution in [0.5, 0.6) is 17.2 Å². The molecule has 0 saturated heterocycles. The molecule has 0 aliphatic heterocycles. The molecule has 1 N–H and O–H groups in total. The van der Waals surface area contributed by atoms with Crippen LogP contribution in [-0.2, 0) is 9.84 Å². The van der Waals surface area contributed by atoms with Crippen molar-refractivity contribution in [2.24, 2.45) is 0 Å². The van der Waals surface area contributed by atoms with Gasteiger partial charge >= 0.3 is 0 Å². The fraction of sp³-hybridized carbons (Fsp3) is 0.538. The number of benzene rings is 1. The molecule has 0 saturated carbocycles. The zero-order valence-electron chi connectivity index (χ0n) is 12.2. The SMILES string of the molecule is CCS(=O)(=O)CCNc1cc(OC)c(OC)c(OC)c1. The van der Waals surface area contributed by atoms with E-state index in [1.54, 1.807) is 19.1 Å². The van der Waals surface area contributed by atoms with Crippen molar-refractivity contribution in [1.82, 2.24) is 0 Å². The van der Waals surface area contributed by atoms with Crippen LogP contribution in [0.25, 0.3) is 0 Å². The van der Waals surface area contributed by atoms with Crippen molar-refractivity contribution in [3.63, 3.8) is 0 Å². The summed E-state index contributed by atoms with van der Waals surface area (Å²) in [5.74, 6) is 1.77. The highest BCUT2D eigenvalue weighted by Crippen LogP contribution is 2.39. The lowest BCUT2D eigenvalue weighted by atomic mass is 10.2. The van der Waals surface area contributed by atoms with E-state index in [4.69, 9.17) is 14.2 Å². The molecule has 0 heterocycles. The molecule has 0 unspecified atom stereocenters. The Hall–Kier alpha value is -1.63. The second-order valence-corrected chi connectivity index (χ2v) is 6.55. The zero-order valence-corrected chi connectivity index (χ0v) is 13.0. The Kier molecular flexibility index (Phi) is 5.94. The number of anilines is 1. The van der Waals surface area contributed by atoms with Crippen LogP contribution >= 0.6 is 0 Å². The third kappa shape index (κ3) is 4.19. The monoisotopic (exact) mass is 303 g/mol. The van der Waals surface area contributed by atoms with E-state index in [-0.39, 0.29) is 11.5 Å². The third-order valence-electron chi connectivity index (χ3n) is 2.85. The van der Waals surface area contributed by atoms with Crippen LogP contribution in [-0.4, -0.2) is 47.8 Å². The minimum Gasteiger partial charge on any atom is -0.493 e. The van der Waals surface area contributed by atoms with E-state index in [1.807, 2.05) is 0 Å². The number of hydrogen-bond acceptors (Lipinski definition) is 6. The van der Waals surface area contributed by atoms with Crippen molar-refractivity contribution < 1.29 is 22.6 Å². The maximum Gasteiger partial charge on any atom is 0.203 e. The van der Waals surface area contributed by atoms with Crippen molar-refractivity contribution in [3.8, 4) is 17.2 Å². The smallest absolute Gasteiger partial charge is 0.203 e. The zero-order chi connectivity index (χ0) is 15.2. The molecule has 7 heteroatoms. The number of rotatable bonds is 8. The molecule has 0 spiro atoms. The third-order valence-corrected chi connectivity index (χ3v) is 4.55. The van der Waals surface area contributed by atoms with Crippen molar-refractivity contribution in [2.75, 3.05) is 44.7 Å². The van der Waals surface area contributed by atoms with Crippen LogP contribution < -0.4 is 19.5 Å². The first-order chi connectivity index (χ1) is 9.47. The average molecular weight is 303 g/mol. The Morgan fingerprint density at radius 3 is 2.00 bits per heavy atom. The van der Waals surface area contributed by atoms with E-state index in [0.717, 1.165) is 0 Å². The molecule has 114 valence electrons. The van der Waals surface area contributed by atoms with Gasteiger partial charge in [0.1, 0.15) is 0 Å². The van der Waals surface area contributed by atoms with Crippen LogP contribution in [0, 0.1) is 0 Å². The summed E-state index contributed by atoms with van der Waals surface area (Å²) in [4.78, 5) is 0. The summed E-state index contributed by atoms with van der Waals surface area (Å²) in [5, 5.41) is 3.04. The highest BCUT2D eigenvalue weighted by atomic mass is 32.2. The average Bonchev–Trinajstić information content (AvgIpc) is 2.45. The van der Waals surface area contributed by atoms with E-state index in [1.165, 1.54) is 21.3 Å². The first kappa shape index (κ1) is 16.4. The van der Waals surface area contributed by atoms with Crippen molar-refractivity contribution in [1.29, 1.82) is 0 Å². The Morgan fingerprint density at radius 1 is 1.05 bits per heavy atom. The van der Waals surface area contributed by atoms with Crippen LogP contribution in [0.15, 0.2) is 12.1 Å².